The van der Waals surface area contributed by atoms with Crippen molar-refractivity contribution in [3.05, 3.63) is 36.2 Å². The summed E-state index contributed by atoms with van der Waals surface area (Å²) in [6.07, 6.45) is 0. The van der Waals surface area contributed by atoms with Crippen LogP contribution in [0.5, 0.6) is 5.75 Å². The molecule has 0 fully saturated rings. The summed E-state index contributed by atoms with van der Waals surface area (Å²) in [6.45, 7) is 0. The molecule has 0 saturated carbocycles. The van der Waals surface area contributed by atoms with Gasteiger partial charge in [-0.25, -0.2) is 0 Å². The third-order valence-corrected chi connectivity index (χ3v) is 0.861. The number of nitrogens with one attached hydrogen (secondary N) is 1. The van der Waals surface area contributed by atoms with Gasteiger partial charge in [-0.15, -0.1) is 0 Å². The number of para-hydroxylation sites is 1. The molecule has 0 atom stereocenters. The molecule has 1 N–H and O–H groups in total. The SMILES string of the molecule is [NH-]Oc1ccccc1.[Ti]. The molecule has 1 rings (SSSR count). The van der Waals surface area contributed by atoms with Crippen LogP contribution in [0.15, 0.2) is 30.3 Å². The van der Waals surface area contributed by atoms with Gasteiger partial charge in [0.25, 0.3) is 0 Å². The van der Waals surface area contributed by atoms with E-state index in [-0.39, 0.29) is 21.7 Å². The van der Waals surface area contributed by atoms with Gasteiger partial charge in [0.15, 0.2) is 0 Å². The Balaban J connectivity index is 0.000000640. The molecule has 3 heteroatoms. The van der Waals surface area contributed by atoms with Gasteiger partial charge in [0, 0.05) is 21.7 Å². The second kappa shape index (κ2) is 4.56. The summed E-state index contributed by atoms with van der Waals surface area (Å²) in [5.41, 5.74) is 0. The van der Waals surface area contributed by atoms with Gasteiger partial charge in [0.1, 0.15) is 5.75 Å². The molecule has 0 aliphatic heterocycles. The van der Waals surface area contributed by atoms with E-state index in [1.165, 1.54) is 0 Å². The molecule has 46 valence electrons. The molecule has 0 unspecified atom stereocenters. The van der Waals surface area contributed by atoms with Crippen LogP contribution in [-0.4, -0.2) is 0 Å². The third kappa shape index (κ3) is 2.65. The monoisotopic (exact) mass is 156 g/mol. The van der Waals surface area contributed by atoms with E-state index in [0.29, 0.717) is 5.75 Å². The van der Waals surface area contributed by atoms with Crippen LogP contribution in [-0.2, 0) is 21.7 Å². The molecule has 1 aromatic rings. The van der Waals surface area contributed by atoms with E-state index in [0.717, 1.165) is 0 Å². The average molecular weight is 156 g/mol. The first-order valence-corrected chi connectivity index (χ1v) is 2.32. The maximum absolute atomic E-state index is 6.44. The summed E-state index contributed by atoms with van der Waals surface area (Å²) < 4.78 is 0. The minimum atomic E-state index is 0. The topological polar surface area (TPSA) is 33.0 Å². The molecule has 0 heterocycles. The first kappa shape index (κ1) is 8.69. The van der Waals surface area contributed by atoms with E-state index in [9.17, 15) is 0 Å². The Labute approximate surface area is 68.8 Å². The summed E-state index contributed by atoms with van der Waals surface area (Å²) in [7, 11) is 0. The van der Waals surface area contributed by atoms with Crippen LogP contribution in [0.4, 0.5) is 0 Å². The molecule has 1 aromatic carbocycles. The Bertz CT molecular complexity index is 154. The second-order valence-corrected chi connectivity index (χ2v) is 1.42. The fourth-order valence-electron chi connectivity index (χ4n) is 0.489. The summed E-state index contributed by atoms with van der Waals surface area (Å²) in [6, 6.07) is 8.98. The minimum Gasteiger partial charge on any atom is -0.590 e. The molecular weight excluding hydrogens is 150 g/mol. The van der Waals surface area contributed by atoms with Gasteiger partial charge in [-0.3, -0.25) is 0 Å². The van der Waals surface area contributed by atoms with E-state index in [2.05, 4.69) is 4.84 Å². The molecule has 0 bridgehead atoms. The normalized spacial score (nSPS) is 7.67. The maximum atomic E-state index is 6.44. The summed E-state index contributed by atoms with van der Waals surface area (Å²) >= 11 is 0. The minimum absolute atomic E-state index is 0. The van der Waals surface area contributed by atoms with Gasteiger partial charge in [-0.2, -0.15) is 0 Å². The van der Waals surface area contributed by atoms with Crippen molar-refractivity contribution in [2.24, 2.45) is 0 Å². The van der Waals surface area contributed by atoms with E-state index in [1.54, 1.807) is 12.1 Å². The number of hydrogen-bond acceptors (Lipinski definition) is 1. The van der Waals surface area contributed by atoms with E-state index >= 15 is 0 Å². The van der Waals surface area contributed by atoms with Crippen molar-refractivity contribution in [3.8, 4) is 5.75 Å². The van der Waals surface area contributed by atoms with Gasteiger partial charge in [-0.05, 0) is 12.1 Å². The molecule has 0 amide bonds. The van der Waals surface area contributed by atoms with E-state index in [4.69, 9.17) is 5.90 Å². The summed E-state index contributed by atoms with van der Waals surface area (Å²) in [5.74, 6) is 7.02. The van der Waals surface area contributed by atoms with Gasteiger partial charge >= 0.3 is 0 Å². The van der Waals surface area contributed by atoms with Crippen molar-refractivity contribution < 1.29 is 26.6 Å². The van der Waals surface area contributed by atoms with Crippen molar-refractivity contribution in [1.82, 2.24) is 0 Å². The van der Waals surface area contributed by atoms with Crippen LogP contribution in [0, 0.1) is 0 Å². The first-order valence-electron chi connectivity index (χ1n) is 2.32. The molecule has 0 spiro atoms. The molecule has 2 nitrogen and oxygen atoms in total. The molecule has 0 aliphatic carbocycles. The fourth-order valence-corrected chi connectivity index (χ4v) is 0.489. The van der Waals surface area contributed by atoms with Crippen molar-refractivity contribution in [2.45, 2.75) is 0 Å². The molecular formula is C6H6NOTi-. The quantitative estimate of drug-likeness (QED) is 0.452. The Morgan fingerprint density at radius 1 is 1.11 bits per heavy atom. The Hall–Kier alpha value is -0.306. The molecule has 9 heavy (non-hydrogen) atoms. The Morgan fingerprint density at radius 3 is 2.00 bits per heavy atom. The largest absolute Gasteiger partial charge is 0.590 e. The van der Waals surface area contributed by atoms with Gasteiger partial charge < -0.3 is 10.7 Å². The van der Waals surface area contributed by atoms with Crippen molar-refractivity contribution in [3.63, 3.8) is 0 Å². The van der Waals surface area contributed by atoms with Crippen LogP contribution < -0.4 is 4.84 Å². The van der Waals surface area contributed by atoms with Crippen LogP contribution in [0.2, 0.25) is 0 Å². The van der Waals surface area contributed by atoms with Crippen LogP contribution in [0.3, 0.4) is 0 Å². The predicted octanol–water partition coefficient (Wildman–Crippen LogP) is 2.03. The van der Waals surface area contributed by atoms with Gasteiger partial charge in [0.2, 0.25) is 0 Å². The number of rotatable bonds is 1. The van der Waals surface area contributed by atoms with Crippen LogP contribution in [0.25, 0.3) is 5.90 Å². The smallest absolute Gasteiger partial charge is 0.101 e. The van der Waals surface area contributed by atoms with Crippen LogP contribution in [0.1, 0.15) is 0 Å². The maximum Gasteiger partial charge on any atom is 0.101 e. The van der Waals surface area contributed by atoms with E-state index < -0.39 is 0 Å². The fraction of sp³-hybridized carbons (Fsp3) is 0. The zero-order valence-electron chi connectivity index (χ0n) is 4.79. The molecule has 0 aliphatic rings. The molecule has 0 aromatic heterocycles. The summed E-state index contributed by atoms with van der Waals surface area (Å²) in [4.78, 5) is 4.16. The van der Waals surface area contributed by atoms with Gasteiger partial charge in [-0.1, -0.05) is 18.2 Å². The second-order valence-electron chi connectivity index (χ2n) is 1.42. The van der Waals surface area contributed by atoms with Crippen molar-refractivity contribution >= 4 is 0 Å². The van der Waals surface area contributed by atoms with Crippen LogP contribution >= 0.6 is 0 Å². The predicted molar refractivity (Wildman–Crippen MR) is 31.4 cm³/mol. The van der Waals surface area contributed by atoms with Crippen molar-refractivity contribution in [1.29, 1.82) is 0 Å². The van der Waals surface area contributed by atoms with E-state index in [1.807, 2.05) is 18.2 Å². The Morgan fingerprint density at radius 2 is 1.67 bits per heavy atom. The number of hydrogen-bond donors (Lipinski definition) is 0. The standard InChI is InChI=1S/C6H6NO.Ti/c7-8-6-4-2-1-3-5-6;/h1-5,7H;/q-1;. The van der Waals surface area contributed by atoms with Crippen molar-refractivity contribution in [2.75, 3.05) is 0 Å². The van der Waals surface area contributed by atoms with Gasteiger partial charge in [0.05, 0.1) is 0 Å². The Kier molecular flexibility index (Phi) is 4.41. The summed E-state index contributed by atoms with van der Waals surface area (Å²) in [5, 5.41) is 0. The first-order chi connectivity index (χ1) is 3.93. The molecule has 0 radical (unpaired) electrons. The third-order valence-electron chi connectivity index (χ3n) is 0.861. The average Bonchev–Trinajstić information content (AvgIpc) is 1.90. The zero-order chi connectivity index (χ0) is 5.82. The molecule has 0 saturated heterocycles. The zero-order valence-corrected chi connectivity index (χ0v) is 6.36. The number of benzene rings is 1.